The van der Waals surface area contributed by atoms with E-state index in [1.54, 1.807) is 25.6 Å². The number of hydrogen-bond acceptors (Lipinski definition) is 2. The summed E-state index contributed by atoms with van der Waals surface area (Å²) in [4.78, 5) is 11.2. The van der Waals surface area contributed by atoms with E-state index in [4.69, 9.17) is 0 Å². The lowest BCUT2D eigenvalue weighted by molar-refractivity contribution is -0.142. The van der Waals surface area contributed by atoms with E-state index >= 15 is 0 Å². The Hall–Kier alpha value is -1.32. The van der Waals surface area contributed by atoms with Gasteiger partial charge in [0.1, 0.15) is 5.41 Å². The van der Waals surface area contributed by atoms with Crippen molar-refractivity contribution < 1.29 is 9.90 Å². The lowest BCUT2D eigenvalue weighted by Gasteiger charge is -2.19. The summed E-state index contributed by atoms with van der Waals surface area (Å²) in [6.07, 6.45) is 0. The Morgan fingerprint density at radius 1 is 1.31 bits per heavy atom. The summed E-state index contributed by atoms with van der Waals surface area (Å²) in [5.41, 5.74) is 0.666. The van der Waals surface area contributed by atoms with Crippen LogP contribution in [0, 0.1) is 0 Å². The molecule has 0 saturated heterocycles. The highest BCUT2D eigenvalue weighted by Gasteiger charge is 2.34. The number of rotatable bonds is 2. The fourth-order valence-electron chi connectivity index (χ4n) is 1.53. The summed E-state index contributed by atoms with van der Waals surface area (Å²) in [6.45, 7) is 9.57. The predicted molar refractivity (Wildman–Crippen MR) is 62.6 cm³/mol. The van der Waals surface area contributed by atoms with Gasteiger partial charge in [-0.15, -0.1) is 0 Å². The van der Waals surface area contributed by atoms with Crippen LogP contribution in [0.4, 0.5) is 0 Å². The number of nitrogens with zero attached hydrogens (tertiary/aromatic N) is 2. The summed E-state index contributed by atoms with van der Waals surface area (Å²) in [7, 11) is 1.79. The first kappa shape index (κ1) is 12.7. The van der Waals surface area contributed by atoms with Crippen molar-refractivity contribution in [2.24, 2.45) is 7.05 Å². The van der Waals surface area contributed by atoms with Crippen LogP contribution >= 0.6 is 0 Å². The molecule has 0 aliphatic rings. The fourth-order valence-corrected chi connectivity index (χ4v) is 1.53. The lowest BCUT2D eigenvalue weighted by atomic mass is 9.86. The highest BCUT2D eigenvalue weighted by atomic mass is 16.4. The smallest absolute Gasteiger partial charge is 0.315 e. The molecule has 1 aromatic rings. The van der Waals surface area contributed by atoms with Gasteiger partial charge in [0.15, 0.2) is 0 Å². The number of aromatic nitrogens is 2. The Kier molecular flexibility index (Phi) is 2.88. The third-order valence-corrected chi connectivity index (χ3v) is 2.82. The molecule has 0 amide bonds. The summed E-state index contributed by atoms with van der Waals surface area (Å²) >= 11 is 0. The van der Waals surface area contributed by atoms with Crippen LogP contribution in [0.5, 0.6) is 0 Å². The maximum atomic E-state index is 11.2. The molecule has 4 heteroatoms. The van der Waals surface area contributed by atoms with Crippen molar-refractivity contribution in [3.8, 4) is 0 Å². The molecule has 0 aromatic carbocycles. The first-order valence-corrected chi connectivity index (χ1v) is 5.35. The normalized spacial score (nSPS) is 12.9. The Bertz CT molecular complexity index is 411. The monoisotopic (exact) mass is 224 g/mol. The van der Waals surface area contributed by atoms with Gasteiger partial charge >= 0.3 is 5.97 Å². The van der Waals surface area contributed by atoms with Crippen LogP contribution in [0.1, 0.15) is 46.0 Å². The second kappa shape index (κ2) is 3.61. The lowest BCUT2D eigenvalue weighted by Crippen LogP contribution is -2.30. The molecular formula is C12H20N2O2. The molecule has 1 heterocycles. The zero-order valence-electron chi connectivity index (χ0n) is 10.8. The number of carboxylic acid groups (broad SMARTS) is 1. The molecule has 1 aromatic heterocycles. The van der Waals surface area contributed by atoms with E-state index in [-0.39, 0.29) is 5.41 Å². The van der Waals surface area contributed by atoms with Crippen LogP contribution in [-0.2, 0) is 22.7 Å². The number of aryl methyl sites for hydroxylation is 1. The van der Waals surface area contributed by atoms with Crippen molar-refractivity contribution in [1.29, 1.82) is 0 Å². The molecule has 0 unspecified atom stereocenters. The van der Waals surface area contributed by atoms with E-state index in [0.29, 0.717) is 0 Å². The predicted octanol–water partition coefficient (Wildman–Crippen LogP) is 2.08. The largest absolute Gasteiger partial charge is 0.481 e. The second-order valence-electron chi connectivity index (χ2n) is 5.72. The van der Waals surface area contributed by atoms with Gasteiger partial charge in [0, 0.05) is 12.5 Å². The zero-order valence-corrected chi connectivity index (χ0v) is 10.8. The second-order valence-corrected chi connectivity index (χ2v) is 5.72. The highest BCUT2D eigenvalue weighted by Crippen LogP contribution is 2.28. The molecule has 1 rings (SSSR count). The molecule has 1 N–H and O–H groups in total. The third-order valence-electron chi connectivity index (χ3n) is 2.82. The summed E-state index contributed by atoms with van der Waals surface area (Å²) in [6, 6.07) is 1.88. The van der Waals surface area contributed by atoms with Crippen molar-refractivity contribution in [3.63, 3.8) is 0 Å². The van der Waals surface area contributed by atoms with E-state index < -0.39 is 11.4 Å². The van der Waals surface area contributed by atoms with Gasteiger partial charge in [0.2, 0.25) is 0 Å². The number of carboxylic acids is 1. The van der Waals surface area contributed by atoms with E-state index in [1.807, 2.05) is 6.07 Å². The van der Waals surface area contributed by atoms with E-state index in [1.165, 1.54) is 0 Å². The third kappa shape index (κ3) is 2.10. The van der Waals surface area contributed by atoms with Gasteiger partial charge in [0.05, 0.1) is 11.4 Å². The van der Waals surface area contributed by atoms with Crippen molar-refractivity contribution in [1.82, 2.24) is 9.78 Å². The Labute approximate surface area is 96.3 Å². The first-order chi connectivity index (χ1) is 7.06. The van der Waals surface area contributed by atoms with Gasteiger partial charge in [-0.05, 0) is 19.9 Å². The van der Waals surface area contributed by atoms with Crippen LogP contribution in [0.3, 0.4) is 0 Å². The molecule has 0 atom stereocenters. The zero-order chi connectivity index (χ0) is 12.7. The molecule has 0 aliphatic carbocycles. The van der Waals surface area contributed by atoms with Crippen LogP contribution in [0.2, 0.25) is 0 Å². The topological polar surface area (TPSA) is 55.1 Å². The van der Waals surface area contributed by atoms with Crippen LogP contribution in [0.15, 0.2) is 6.07 Å². The molecule has 0 saturated carbocycles. The molecule has 16 heavy (non-hydrogen) atoms. The summed E-state index contributed by atoms with van der Waals surface area (Å²) in [5.74, 6) is -0.837. The van der Waals surface area contributed by atoms with Crippen LogP contribution in [-0.4, -0.2) is 20.9 Å². The van der Waals surface area contributed by atoms with Gasteiger partial charge in [-0.3, -0.25) is 9.48 Å². The standard InChI is InChI=1S/C12H20N2O2/c1-11(2,3)8-7-9(14(6)13-8)12(4,5)10(15)16/h7H,1-6H3,(H,15,16). The molecular weight excluding hydrogens is 204 g/mol. The average molecular weight is 224 g/mol. The Balaban J connectivity index is 3.28. The molecule has 0 aliphatic heterocycles. The van der Waals surface area contributed by atoms with Crippen molar-refractivity contribution in [3.05, 3.63) is 17.5 Å². The quantitative estimate of drug-likeness (QED) is 0.836. The summed E-state index contributed by atoms with van der Waals surface area (Å²) in [5, 5.41) is 13.6. The van der Waals surface area contributed by atoms with E-state index in [9.17, 15) is 9.90 Å². The number of aliphatic carboxylic acids is 1. The van der Waals surface area contributed by atoms with Crippen molar-refractivity contribution in [2.45, 2.75) is 45.4 Å². The number of hydrogen-bond donors (Lipinski definition) is 1. The van der Waals surface area contributed by atoms with Gasteiger partial charge in [0.25, 0.3) is 0 Å². The van der Waals surface area contributed by atoms with E-state index in [2.05, 4.69) is 25.9 Å². The summed E-state index contributed by atoms with van der Waals surface area (Å²) < 4.78 is 1.66. The first-order valence-electron chi connectivity index (χ1n) is 5.35. The van der Waals surface area contributed by atoms with Crippen LogP contribution in [0.25, 0.3) is 0 Å². The molecule has 90 valence electrons. The maximum absolute atomic E-state index is 11.2. The molecule has 0 bridgehead atoms. The molecule has 0 spiro atoms. The molecule has 4 nitrogen and oxygen atoms in total. The van der Waals surface area contributed by atoms with Crippen LogP contribution < -0.4 is 0 Å². The van der Waals surface area contributed by atoms with Gasteiger partial charge < -0.3 is 5.11 Å². The Morgan fingerprint density at radius 2 is 1.81 bits per heavy atom. The minimum atomic E-state index is -0.911. The minimum absolute atomic E-state index is 0.0649. The molecule has 0 radical (unpaired) electrons. The molecule has 0 fully saturated rings. The fraction of sp³-hybridized carbons (Fsp3) is 0.667. The van der Waals surface area contributed by atoms with Gasteiger partial charge in [-0.25, -0.2) is 0 Å². The SMILES string of the molecule is Cn1nc(C(C)(C)C)cc1C(C)(C)C(=O)O. The van der Waals surface area contributed by atoms with E-state index in [0.717, 1.165) is 11.4 Å². The average Bonchev–Trinajstić information content (AvgIpc) is 2.46. The highest BCUT2D eigenvalue weighted by molar-refractivity contribution is 5.79. The van der Waals surface area contributed by atoms with Crippen molar-refractivity contribution >= 4 is 5.97 Å². The maximum Gasteiger partial charge on any atom is 0.315 e. The minimum Gasteiger partial charge on any atom is -0.481 e. The van der Waals surface area contributed by atoms with Crippen molar-refractivity contribution in [2.75, 3.05) is 0 Å². The van der Waals surface area contributed by atoms with Gasteiger partial charge in [-0.1, -0.05) is 20.8 Å². The van der Waals surface area contributed by atoms with Gasteiger partial charge in [-0.2, -0.15) is 5.10 Å². The Morgan fingerprint density at radius 3 is 2.12 bits per heavy atom. The number of carbonyl (C=O) groups is 1.